The number of carbonyl (C=O) groups is 1. The summed E-state index contributed by atoms with van der Waals surface area (Å²) in [6.07, 6.45) is -2.85. The summed E-state index contributed by atoms with van der Waals surface area (Å²) in [4.78, 5) is 17.5. The Morgan fingerprint density at radius 2 is 1.90 bits per heavy atom. The Morgan fingerprint density at radius 1 is 1.14 bits per heavy atom. The van der Waals surface area contributed by atoms with Crippen LogP contribution in [0.1, 0.15) is 21.6 Å². The van der Waals surface area contributed by atoms with Gasteiger partial charge < -0.3 is 5.32 Å². The van der Waals surface area contributed by atoms with Gasteiger partial charge in [-0.15, -0.1) is 11.3 Å². The fourth-order valence-electron chi connectivity index (χ4n) is 2.93. The molecule has 0 atom stereocenters. The molecule has 0 spiro atoms. The average Bonchev–Trinajstić information content (AvgIpc) is 3.28. The molecule has 4 rings (SSSR count). The molecule has 0 fully saturated rings. The van der Waals surface area contributed by atoms with E-state index in [1.54, 1.807) is 16.0 Å². The van der Waals surface area contributed by atoms with Gasteiger partial charge in [0.25, 0.3) is 5.91 Å². The lowest BCUT2D eigenvalue weighted by atomic mass is 10.1. The van der Waals surface area contributed by atoms with Crippen LogP contribution in [0.2, 0.25) is 0 Å². The summed E-state index contributed by atoms with van der Waals surface area (Å²) in [6.45, 7) is 0.131. The van der Waals surface area contributed by atoms with E-state index in [1.807, 2.05) is 0 Å². The lowest BCUT2D eigenvalue weighted by molar-refractivity contribution is -0.137. The molecule has 2 aromatic carbocycles. The van der Waals surface area contributed by atoms with Crippen LogP contribution in [-0.4, -0.2) is 15.3 Å². The van der Waals surface area contributed by atoms with Crippen LogP contribution in [-0.2, 0) is 12.7 Å². The second-order valence-corrected chi connectivity index (χ2v) is 7.13. The van der Waals surface area contributed by atoms with Crippen molar-refractivity contribution in [2.24, 2.45) is 0 Å². The van der Waals surface area contributed by atoms with Crippen molar-refractivity contribution in [3.8, 4) is 11.3 Å². The lowest BCUT2D eigenvalue weighted by Gasteiger charge is -2.10. The highest BCUT2D eigenvalue weighted by molar-refractivity contribution is 7.15. The first kappa shape index (κ1) is 19.1. The summed E-state index contributed by atoms with van der Waals surface area (Å²) < 4.78 is 54.0. The third kappa shape index (κ3) is 3.86. The van der Waals surface area contributed by atoms with E-state index >= 15 is 0 Å². The number of halogens is 4. The van der Waals surface area contributed by atoms with Crippen molar-refractivity contribution >= 4 is 22.2 Å². The fraction of sp³-hybridized carbons (Fsp3) is 0.100. The van der Waals surface area contributed by atoms with Gasteiger partial charge in [0.05, 0.1) is 11.3 Å². The molecule has 1 amide bonds. The second-order valence-electron chi connectivity index (χ2n) is 6.25. The van der Waals surface area contributed by atoms with E-state index in [2.05, 4.69) is 10.3 Å². The highest BCUT2D eigenvalue weighted by Crippen LogP contribution is 2.34. The number of rotatable bonds is 4. The van der Waals surface area contributed by atoms with Crippen molar-refractivity contribution in [3.63, 3.8) is 0 Å². The van der Waals surface area contributed by atoms with Crippen molar-refractivity contribution in [2.75, 3.05) is 0 Å². The number of nitrogens with one attached hydrogen (secondary N) is 1. The van der Waals surface area contributed by atoms with Crippen molar-refractivity contribution in [3.05, 3.63) is 82.7 Å². The molecule has 2 aromatic heterocycles. The lowest BCUT2D eigenvalue weighted by Crippen LogP contribution is -2.24. The molecule has 0 saturated heterocycles. The molecule has 2 heterocycles. The van der Waals surface area contributed by atoms with Gasteiger partial charge in [-0.25, -0.2) is 9.37 Å². The van der Waals surface area contributed by atoms with E-state index in [9.17, 15) is 22.4 Å². The van der Waals surface area contributed by atoms with Crippen LogP contribution in [0.15, 0.2) is 60.1 Å². The summed E-state index contributed by atoms with van der Waals surface area (Å²) >= 11 is 1.27. The van der Waals surface area contributed by atoms with Crippen LogP contribution in [0.3, 0.4) is 0 Å². The normalized spacial score (nSPS) is 11.7. The first-order valence-electron chi connectivity index (χ1n) is 8.49. The van der Waals surface area contributed by atoms with Crippen LogP contribution in [0.25, 0.3) is 16.2 Å². The molecule has 148 valence electrons. The molecule has 0 aliphatic carbocycles. The molecular formula is C20H13F4N3OS. The molecule has 0 radical (unpaired) electrons. The molecule has 0 saturated carbocycles. The standard InChI is InChI=1S/C20H13F4N3OS/c21-15-6-4-12(5-7-15)11-25-18(28)16-17(27-8-9-29-19(27)26-16)13-2-1-3-14(10-13)20(22,23)24/h1-10H,11H2,(H,25,28). The molecule has 4 nitrogen and oxygen atoms in total. The van der Waals surface area contributed by atoms with E-state index in [-0.39, 0.29) is 29.3 Å². The number of nitrogens with zero attached hydrogens (tertiary/aromatic N) is 2. The Kier molecular flexibility index (Phi) is 4.83. The zero-order valence-corrected chi connectivity index (χ0v) is 15.5. The van der Waals surface area contributed by atoms with E-state index in [0.717, 1.165) is 12.1 Å². The number of thiazole rings is 1. The van der Waals surface area contributed by atoms with Crippen molar-refractivity contribution in [1.82, 2.24) is 14.7 Å². The molecule has 0 bridgehead atoms. The largest absolute Gasteiger partial charge is 0.416 e. The zero-order valence-electron chi connectivity index (χ0n) is 14.7. The number of alkyl halides is 3. The number of fused-ring (bicyclic) bond motifs is 1. The fourth-order valence-corrected chi connectivity index (χ4v) is 3.65. The smallest absolute Gasteiger partial charge is 0.347 e. The quantitative estimate of drug-likeness (QED) is 0.465. The maximum absolute atomic E-state index is 13.1. The highest BCUT2D eigenvalue weighted by atomic mass is 32.1. The third-order valence-electron chi connectivity index (χ3n) is 4.31. The molecule has 4 aromatic rings. The summed E-state index contributed by atoms with van der Waals surface area (Å²) in [5.74, 6) is -0.918. The molecular weight excluding hydrogens is 406 g/mol. The van der Waals surface area contributed by atoms with Gasteiger partial charge in [-0.05, 0) is 29.8 Å². The Balaban J connectivity index is 1.70. The number of carbonyl (C=O) groups excluding carboxylic acids is 1. The third-order valence-corrected chi connectivity index (χ3v) is 5.06. The number of aromatic nitrogens is 2. The van der Waals surface area contributed by atoms with Crippen LogP contribution >= 0.6 is 11.3 Å². The van der Waals surface area contributed by atoms with E-state index < -0.39 is 17.6 Å². The Morgan fingerprint density at radius 3 is 2.62 bits per heavy atom. The summed E-state index contributed by atoms with van der Waals surface area (Å²) in [6, 6.07) is 10.4. The van der Waals surface area contributed by atoms with Crippen molar-refractivity contribution in [1.29, 1.82) is 0 Å². The Labute approximate surface area is 166 Å². The molecule has 9 heteroatoms. The van der Waals surface area contributed by atoms with Gasteiger partial charge in [-0.3, -0.25) is 9.20 Å². The van der Waals surface area contributed by atoms with Gasteiger partial charge in [0.1, 0.15) is 5.82 Å². The van der Waals surface area contributed by atoms with E-state index in [4.69, 9.17) is 0 Å². The molecule has 1 N–H and O–H groups in total. The minimum atomic E-state index is -4.50. The van der Waals surface area contributed by atoms with Crippen LogP contribution in [0, 0.1) is 5.82 Å². The maximum Gasteiger partial charge on any atom is 0.416 e. The van der Waals surface area contributed by atoms with Crippen molar-refractivity contribution < 1.29 is 22.4 Å². The summed E-state index contributed by atoms with van der Waals surface area (Å²) in [7, 11) is 0. The van der Waals surface area contributed by atoms with Crippen LogP contribution < -0.4 is 5.32 Å². The molecule has 0 aliphatic heterocycles. The molecule has 0 unspecified atom stereocenters. The van der Waals surface area contributed by atoms with Gasteiger partial charge in [0, 0.05) is 23.7 Å². The number of amides is 1. The summed E-state index contributed by atoms with van der Waals surface area (Å²) in [5.41, 5.74) is 0.416. The van der Waals surface area contributed by atoms with Crippen LogP contribution in [0.5, 0.6) is 0 Å². The molecule has 29 heavy (non-hydrogen) atoms. The molecule has 0 aliphatic rings. The predicted octanol–water partition coefficient (Wildman–Crippen LogP) is 5.15. The van der Waals surface area contributed by atoms with Crippen molar-refractivity contribution in [2.45, 2.75) is 12.7 Å². The maximum atomic E-state index is 13.1. The second kappa shape index (κ2) is 7.32. The first-order chi connectivity index (χ1) is 13.8. The van der Waals surface area contributed by atoms with Gasteiger partial charge >= 0.3 is 6.18 Å². The van der Waals surface area contributed by atoms with E-state index in [0.29, 0.717) is 10.5 Å². The van der Waals surface area contributed by atoms with Gasteiger partial charge in [-0.1, -0.05) is 24.3 Å². The Bertz CT molecular complexity index is 1180. The first-order valence-corrected chi connectivity index (χ1v) is 9.37. The van der Waals surface area contributed by atoms with E-state index in [1.165, 1.54) is 47.7 Å². The minimum Gasteiger partial charge on any atom is -0.347 e. The minimum absolute atomic E-state index is 0.0262. The number of benzene rings is 2. The predicted molar refractivity (Wildman–Crippen MR) is 101 cm³/mol. The van der Waals surface area contributed by atoms with Gasteiger partial charge in [0.15, 0.2) is 10.7 Å². The highest BCUT2D eigenvalue weighted by Gasteiger charge is 2.31. The monoisotopic (exact) mass is 419 g/mol. The van der Waals surface area contributed by atoms with Crippen LogP contribution in [0.4, 0.5) is 17.6 Å². The number of imidazole rings is 1. The average molecular weight is 419 g/mol. The Hall–Kier alpha value is -3.20. The summed E-state index contributed by atoms with van der Waals surface area (Å²) in [5, 5.41) is 4.42. The van der Waals surface area contributed by atoms with Gasteiger partial charge in [-0.2, -0.15) is 13.2 Å². The zero-order chi connectivity index (χ0) is 20.6. The SMILES string of the molecule is O=C(NCc1ccc(F)cc1)c1nc2sccn2c1-c1cccc(C(F)(F)F)c1. The number of hydrogen-bond donors (Lipinski definition) is 1. The topological polar surface area (TPSA) is 46.4 Å². The van der Waals surface area contributed by atoms with Gasteiger partial charge in [0.2, 0.25) is 0 Å². The number of hydrogen-bond acceptors (Lipinski definition) is 3.